The van der Waals surface area contributed by atoms with E-state index < -0.39 is 15.5 Å². The lowest BCUT2D eigenvalue weighted by molar-refractivity contribution is 0.123. The fraction of sp³-hybridized carbons (Fsp3) is 0.353. The molecule has 3 aromatic rings. The second-order valence-electron chi connectivity index (χ2n) is 5.71. The Morgan fingerprint density at radius 3 is 2.60 bits per heavy atom. The zero-order chi connectivity index (χ0) is 18.0. The molecule has 0 spiro atoms. The Labute approximate surface area is 144 Å². The van der Waals surface area contributed by atoms with Gasteiger partial charge < -0.3 is 18.3 Å². The van der Waals surface area contributed by atoms with Crippen LogP contribution in [0.3, 0.4) is 0 Å². The van der Waals surface area contributed by atoms with E-state index in [4.69, 9.17) is 18.3 Å². The Bertz CT molecular complexity index is 1060. The topological polar surface area (TPSA) is 96.0 Å². The third kappa shape index (κ3) is 3.69. The highest BCUT2D eigenvalue weighted by molar-refractivity contribution is 7.90. The Morgan fingerprint density at radius 1 is 1.12 bits per heavy atom. The van der Waals surface area contributed by atoms with Gasteiger partial charge in [-0.2, -0.15) is 0 Å². The number of ether oxygens (including phenoxy) is 2. The maximum absolute atomic E-state index is 11.6. The molecule has 0 aliphatic carbocycles. The average molecular weight is 366 g/mol. The summed E-state index contributed by atoms with van der Waals surface area (Å²) in [6, 6.07) is 4.78. The maximum Gasteiger partial charge on any atom is 0.336 e. The molecule has 0 atom stereocenters. The highest BCUT2D eigenvalue weighted by atomic mass is 32.2. The van der Waals surface area contributed by atoms with Gasteiger partial charge in [-0.1, -0.05) is 0 Å². The molecule has 7 nitrogen and oxygen atoms in total. The third-order valence-electron chi connectivity index (χ3n) is 3.82. The summed E-state index contributed by atoms with van der Waals surface area (Å²) in [5.74, 6) is 0.431. The minimum absolute atomic E-state index is 0.0758. The van der Waals surface area contributed by atoms with Crippen molar-refractivity contribution in [3.63, 3.8) is 0 Å². The van der Waals surface area contributed by atoms with Crippen LogP contribution in [0, 0.1) is 0 Å². The van der Waals surface area contributed by atoms with Crippen molar-refractivity contribution >= 4 is 31.8 Å². The molecule has 0 bridgehead atoms. The highest BCUT2D eigenvalue weighted by Gasteiger charge is 2.19. The van der Waals surface area contributed by atoms with E-state index in [-0.39, 0.29) is 12.4 Å². The summed E-state index contributed by atoms with van der Waals surface area (Å²) < 4.78 is 44.1. The smallest absolute Gasteiger partial charge is 0.336 e. The normalized spacial score (nSPS) is 12.1. The molecule has 3 rings (SSSR count). The molecule has 0 aliphatic rings. The monoisotopic (exact) mass is 366 g/mol. The van der Waals surface area contributed by atoms with Crippen molar-refractivity contribution < 1.29 is 26.7 Å². The standard InChI is InChI=1S/C17H18O7S/c1-21-17-15-12(6-8-23-15)13(10-22-7-3-9-25(2,19)20)11-4-5-14(18)24-16(11)17/h4-6,8H,3,7,9-10H2,1-2H3. The highest BCUT2D eigenvalue weighted by Crippen LogP contribution is 2.38. The Morgan fingerprint density at radius 2 is 1.88 bits per heavy atom. The van der Waals surface area contributed by atoms with E-state index in [0.29, 0.717) is 35.3 Å². The van der Waals surface area contributed by atoms with Gasteiger partial charge >= 0.3 is 5.63 Å². The number of sulfone groups is 1. The van der Waals surface area contributed by atoms with Crippen molar-refractivity contribution in [2.24, 2.45) is 0 Å². The number of rotatable bonds is 7. The molecule has 2 heterocycles. The van der Waals surface area contributed by atoms with E-state index in [0.717, 1.165) is 10.9 Å². The van der Waals surface area contributed by atoms with Crippen molar-refractivity contribution in [2.45, 2.75) is 13.0 Å². The van der Waals surface area contributed by atoms with Gasteiger partial charge in [-0.05, 0) is 18.6 Å². The van der Waals surface area contributed by atoms with Gasteiger partial charge in [-0.15, -0.1) is 0 Å². The molecule has 0 fully saturated rings. The molecule has 0 unspecified atom stereocenters. The first kappa shape index (κ1) is 17.5. The lowest BCUT2D eigenvalue weighted by Crippen LogP contribution is -2.07. The molecule has 1 aromatic carbocycles. The van der Waals surface area contributed by atoms with E-state index in [1.165, 1.54) is 25.7 Å². The van der Waals surface area contributed by atoms with Crippen LogP contribution in [0.1, 0.15) is 12.0 Å². The predicted molar refractivity (Wildman–Crippen MR) is 92.8 cm³/mol. The van der Waals surface area contributed by atoms with E-state index in [2.05, 4.69) is 0 Å². The summed E-state index contributed by atoms with van der Waals surface area (Å²) in [5, 5.41) is 1.48. The predicted octanol–water partition coefficient (Wildman–Crippen LogP) is 2.50. The van der Waals surface area contributed by atoms with Crippen LogP contribution in [-0.2, 0) is 21.2 Å². The van der Waals surface area contributed by atoms with E-state index in [9.17, 15) is 13.2 Å². The summed E-state index contributed by atoms with van der Waals surface area (Å²) in [6.45, 7) is 0.532. The maximum atomic E-state index is 11.6. The summed E-state index contributed by atoms with van der Waals surface area (Å²) >= 11 is 0. The van der Waals surface area contributed by atoms with Crippen molar-refractivity contribution in [3.05, 3.63) is 40.4 Å². The van der Waals surface area contributed by atoms with Gasteiger partial charge in [-0.25, -0.2) is 13.2 Å². The molecular formula is C17H18O7S. The van der Waals surface area contributed by atoms with Gasteiger partial charge in [0.15, 0.2) is 11.2 Å². The lowest BCUT2D eigenvalue weighted by Gasteiger charge is -2.11. The molecule has 0 saturated carbocycles. The van der Waals surface area contributed by atoms with Gasteiger partial charge in [0.25, 0.3) is 0 Å². The molecule has 0 aliphatic heterocycles. The van der Waals surface area contributed by atoms with E-state index >= 15 is 0 Å². The molecule has 0 amide bonds. The third-order valence-corrected chi connectivity index (χ3v) is 4.85. The number of benzene rings is 1. The fourth-order valence-corrected chi connectivity index (χ4v) is 3.37. The van der Waals surface area contributed by atoms with Crippen LogP contribution < -0.4 is 10.4 Å². The number of furan rings is 1. The fourth-order valence-electron chi connectivity index (χ4n) is 2.73. The summed E-state index contributed by atoms with van der Waals surface area (Å²) in [6.07, 6.45) is 3.13. The molecule has 0 N–H and O–H groups in total. The lowest BCUT2D eigenvalue weighted by atomic mass is 10.0. The zero-order valence-electron chi connectivity index (χ0n) is 13.9. The Kier molecular flexibility index (Phi) is 4.82. The second-order valence-corrected chi connectivity index (χ2v) is 7.97. The Hall–Kier alpha value is -2.32. The quantitative estimate of drug-likeness (QED) is 0.468. The van der Waals surface area contributed by atoms with Crippen molar-refractivity contribution in [1.29, 1.82) is 0 Å². The van der Waals surface area contributed by atoms with Crippen LogP contribution in [0.25, 0.3) is 21.9 Å². The summed E-state index contributed by atoms with van der Waals surface area (Å²) in [7, 11) is -1.53. The van der Waals surface area contributed by atoms with Crippen LogP contribution in [0.5, 0.6) is 5.75 Å². The minimum Gasteiger partial charge on any atom is -0.490 e. The summed E-state index contributed by atoms with van der Waals surface area (Å²) in [5.41, 5.74) is 1.07. The molecular weight excluding hydrogens is 348 g/mol. The number of fused-ring (bicyclic) bond motifs is 2. The molecule has 0 radical (unpaired) electrons. The molecule has 2 aromatic heterocycles. The van der Waals surface area contributed by atoms with Crippen LogP contribution in [0.2, 0.25) is 0 Å². The average Bonchev–Trinajstić information content (AvgIpc) is 3.01. The van der Waals surface area contributed by atoms with Gasteiger partial charge in [-0.3, -0.25) is 0 Å². The van der Waals surface area contributed by atoms with Crippen LogP contribution in [0.15, 0.2) is 38.1 Å². The van der Waals surface area contributed by atoms with Crippen LogP contribution in [-0.4, -0.2) is 34.1 Å². The van der Waals surface area contributed by atoms with Crippen molar-refractivity contribution in [3.8, 4) is 5.75 Å². The first-order chi connectivity index (χ1) is 11.9. The van der Waals surface area contributed by atoms with E-state index in [1.807, 2.05) is 0 Å². The summed E-state index contributed by atoms with van der Waals surface area (Å²) in [4.78, 5) is 11.6. The number of methoxy groups -OCH3 is 1. The van der Waals surface area contributed by atoms with Crippen molar-refractivity contribution in [1.82, 2.24) is 0 Å². The van der Waals surface area contributed by atoms with Crippen LogP contribution in [0.4, 0.5) is 0 Å². The number of hydrogen-bond donors (Lipinski definition) is 0. The van der Waals surface area contributed by atoms with Gasteiger partial charge in [0.05, 0.1) is 25.7 Å². The van der Waals surface area contributed by atoms with Crippen LogP contribution >= 0.6 is 0 Å². The molecule has 134 valence electrons. The molecule has 25 heavy (non-hydrogen) atoms. The molecule has 8 heteroatoms. The first-order valence-corrected chi connectivity index (χ1v) is 9.72. The van der Waals surface area contributed by atoms with Gasteiger partial charge in [0.1, 0.15) is 9.84 Å². The van der Waals surface area contributed by atoms with E-state index in [1.54, 1.807) is 12.1 Å². The second kappa shape index (κ2) is 6.89. The SMILES string of the molecule is COc1c2occc2c(COCCCS(C)(=O)=O)c2ccc(=O)oc12. The molecule has 0 saturated heterocycles. The van der Waals surface area contributed by atoms with Gasteiger partial charge in [0, 0.05) is 35.3 Å². The largest absolute Gasteiger partial charge is 0.490 e. The minimum atomic E-state index is -3.00. The zero-order valence-corrected chi connectivity index (χ0v) is 14.7. The van der Waals surface area contributed by atoms with Gasteiger partial charge in [0.2, 0.25) is 5.75 Å². The van der Waals surface area contributed by atoms with Crippen molar-refractivity contribution in [2.75, 3.05) is 25.7 Å². The Balaban J connectivity index is 1.96. The number of hydrogen-bond acceptors (Lipinski definition) is 7. The first-order valence-electron chi connectivity index (χ1n) is 7.66.